The van der Waals surface area contributed by atoms with Gasteiger partial charge in [0.15, 0.2) is 0 Å². The molecule has 1 aliphatic rings. The third kappa shape index (κ3) is 1.59. The van der Waals surface area contributed by atoms with E-state index in [0.29, 0.717) is 5.92 Å². The van der Waals surface area contributed by atoms with Crippen LogP contribution in [0.15, 0.2) is 18.3 Å². The Hall–Kier alpha value is -0.600. The highest BCUT2D eigenvalue weighted by molar-refractivity contribution is 6.30. The fourth-order valence-electron chi connectivity index (χ4n) is 1.55. The zero-order chi connectivity index (χ0) is 8.39. The highest BCUT2D eigenvalue weighted by Gasteiger charge is 2.17. The molecule has 2 heterocycles. The topological polar surface area (TPSA) is 24.9 Å². The van der Waals surface area contributed by atoms with Crippen LogP contribution in [-0.2, 0) is 0 Å². The molecule has 12 heavy (non-hydrogen) atoms. The summed E-state index contributed by atoms with van der Waals surface area (Å²) in [4.78, 5) is 4.30. The molecule has 2 nitrogen and oxygen atoms in total. The molecule has 1 aromatic rings. The van der Waals surface area contributed by atoms with Crippen LogP contribution in [0.3, 0.4) is 0 Å². The molecular weight excluding hydrogens is 172 g/mol. The van der Waals surface area contributed by atoms with Gasteiger partial charge >= 0.3 is 0 Å². The Balaban J connectivity index is 2.21. The van der Waals surface area contributed by atoms with Crippen molar-refractivity contribution < 1.29 is 0 Å². The smallest absolute Gasteiger partial charge is 0.0462 e. The molecule has 0 radical (unpaired) electrons. The number of hydrogen-bond donors (Lipinski definition) is 1. The first-order valence-corrected chi connectivity index (χ1v) is 4.56. The van der Waals surface area contributed by atoms with Crippen molar-refractivity contribution in [2.75, 3.05) is 13.1 Å². The van der Waals surface area contributed by atoms with Crippen LogP contribution in [0.1, 0.15) is 18.0 Å². The highest BCUT2D eigenvalue weighted by atomic mass is 35.5. The predicted octanol–water partition coefficient (Wildman–Crippen LogP) is 1.81. The number of halogens is 1. The Kier molecular flexibility index (Phi) is 2.28. The van der Waals surface area contributed by atoms with Gasteiger partial charge in [0.1, 0.15) is 0 Å². The number of nitrogens with zero attached hydrogens (tertiary/aromatic N) is 1. The van der Waals surface area contributed by atoms with E-state index in [1.807, 2.05) is 12.1 Å². The SMILES string of the molecule is Clc1ccnc([C@@H]2CCNC2)c1. The standard InChI is InChI=1S/C9H11ClN2/c10-8-2-4-12-9(5-8)7-1-3-11-6-7/h2,4-5,7,11H,1,3,6H2/t7-/m1/s1. The van der Waals surface area contributed by atoms with Gasteiger partial charge in [-0.05, 0) is 25.1 Å². The molecule has 1 aromatic heterocycles. The van der Waals surface area contributed by atoms with E-state index < -0.39 is 0 Å². The maximum Gasteiger partial charge on any atom is 0.0462 e. The van der Waals surface area contributed by atoms with E-state index in [0.717, 1.165) is 23.8 Å². The predicted molar refractivity (Wildman–Crippen MR) is 49.5 cm³/mol. The average molecular weight is 183 g/mol. The van der Waals surface area contributed by atoms with E-state index in [1.54, 1.807) is 6.20 Å². The monoisotopic (exact) mass is 182 g/mol. The first-order chi connectivity index (χ1) is 5.86. The summed E-state index contributed by atoms with van der Waals surface area (Å²) in [5, 5.41) is 4.09. The minimum atomic E-state index is 0.559. The van der Waals surface area contributed by atoms with Crippen molar-refractivity contribution in [1.29, 1.82) is 0 Å². The van der Waals surface area contributed by atoms with Gasteiger partial charge in [-0.25, -0.2) is 0 Å². The molecule has 1 atom stereocenters. The molecule has 0 unspecified atom stereocenters. The van der Waals surface area contributed by atoms with Gasteiger partial charge in [0.2, 0.25) is 0 Å². The second-order valence-electron chi connectivity index (χ2n) is 3.09. The first-order valence-electron chi connectivity index (χ1n) is 4.18. The average Bonchev–Trinajstić information content (AvgIpc) is 2.56. The first kappa shape index (κ1) is 8.02. The van der Waals surface area contributed by atoms with Crippen molar-refractivity contribution in [3.05, 3.63) is 29.0 Å². The third-order valence-electron chi connectivity index (χ3n) is 2.22. The van der Waals surface area contributed by atoms with Crippen LogP contribution in [0.2, 0.25) is 5.02 Å². The van der Waals surface area contributed by atoms with Gasteiger partial charge in [-0.15, -0.1) is 0 Å². The minimum absolute atomic E-state index is 0.559. The molecule has 0 saturated carbocycles. The van der Waals surface area contributed by atoms with Crippen molar-refractivity contribution in [2.24, 2.45) is 0 Å². The molecule has 0 spiro atoms. The maximum absolute atomic E-state index is 5.86. The Bertz CT molecular complexity index is 269. The molecule has 2 rings (SSSR count). The second kappa shape index (κ2) is 3.42. The summed E-state index contributed by atoms with van der Waals surface area (Å²) in [6, 6.07) is 3.77. The van der Waals surface area contributed by atoms with Crippen LogP contribution < -0.4 is 5.32 Å². The number of hydrogen-bond acceptors (Lipinski definition) is 2. The summed E-state index contributed by atoms with van der Waals surface area (Å²) in [7, 11) is 0. The lowest BCUT2D eigenvalue weighted by molar-refractivity contribution is 0.735. The molecule has 1 N–H and O–H groups in total. The van der Waals surface area contributed by atoms with Crippen molar-refractivity contribution in [1.82, 2.24) is 10.3 Å². The fourth-order valence-corrected chi connectivity index (χ4v) is 1.72. The maximum atomic E-state index is 5.86. The van der Waals surface area contributed by atoms with E-state index in [2.05, 4.69) is 10.3 Å². The van der Waals surface area contributed by atoms with Gasteiger partial charge < -0.3 is 5.32 Å². The van der Waals surface area contributed by atoms with Gasteiger partial charge in [-0.1, -0.05) is 11.6 Å². The molecular formula is C9H11ClN2. The number of aromatic nitrogens is 1. The van der Waals surface area contributed by atoms with Crippen LogP contribution in [0, 0.1) is 0 Å². The van der Waals surface area contributed by atoms with E-state index in [1.165, 1.54) is 6.42 Å². The third-order valence-corrected chi connectivity index (χ3v) is 2.46. The molecule has 1 aliphatic heterocycles. The molecule has 0 amide bonds. The van der Waals surface area contributed by atoms with Crippen LogP contribution in [0.4, 0.5) is 0 Å². The van der Waals surface area contributed by atoms with E-state index >= 15 is 0 Å². The lowest BCUT2D eigenvalue weighted by Crippen LogP contribution is -2.08. The Morgan fingerprint density at radius 2 is 2.50 bits per heavy atom. The summed E-state index contributed by atoms with van der Waals surface area (Å²) >= 11 is 5.86. The van der Waals surface area contributed by atoms with Crippen molar-refractivity contribution in [2.45, 2.75) is 12.3 Å². The fraction of sp³-hybridized carbons (Fsp3) is 0.444. The van der Waals surface area contributed by atoms with Gasteiger partial charge in [0.25, 0.3) is 0 Å². The van der Waals surface area contributed by atoms with Crippen LogP contribution in [-0.4, -0.2) is 18.1 Å². The van der Waals surface area contributed by atoms with Crippen LogP contribution >= 0.6 is 11.6 Å². The summed E-state index contributed by atoms with van der Waals surface area (Å²) in [5.74, 6) is 0.559. The Morgan fingerprint density at radius 1 is 1.58 bits per heavy atom. The van der Waals surface area contributed by atoms with Gasteiger partial charge in [-0.2, -0.15) is 0 Å². The van der Waals surface area contributed by atoms with Crippen LogP contribution in [0.25, 0.3) is 0 Å². The van der Waals surface area contributed by atoms with Gasteiger partial charge in [0, 0.05) is 29.4 Å². The quantitative estimate of drug-likeness (QED) is 0.717. The largest absolute Gasteiger partial charge is 0.316 e. The van der Waals surface area contributed by atoms with E-state index in [9.17, 15) is 0 Å². The summed E-state index contributed by atoms with van der Waals surface area (Å²) < 4.78 is 0. The summed E-state index contributed by atoms with van der Waals surface area (Å²) in [5.41, 5.74) is 1.12. The van der Waals surface area contributed by atoms with Crippen molar-refractivity contribution >= 4 is 11.6 Å². The molecule has 1 fully saturated rings. The van der Waals surface area contributed by atoms with Crippen molar-refractivity contribution in [3.63, 3.8) is 0 Å². The Labute approximate surface area is 77.0 Å². The zero-order valence-electron chi connectivity index (χ0n) is 6.76. The van der Waals surface area contributed by atoms with E-state index in [-0.39, 0.29) is 0 Å². The lowest BCUT2D eigenvalue weighted by Gasteiger charge is -2.06. The number of nitrogens with one attached hydrogen (secondary N) is 1. The molecule has 0 aliphatic carbocycles. The second-order valence-corrected chi connectivity index (χ2v) is 3.53. The molecule has 0 aromatic carbocycles. The number of pyridine rings is 1. The molecule has 0 bridgehead atoms. The van der Waals surface area contributed by atoms with Gasteiger partial charge in [0.05, 0.1) is 0 Å². The molecule has 3 heteroatoms. The number of rotatable bonds is 1. The normalized spacial score (nSPS) is 22.9. The highest BCUT2D eigenvalue weighted by Crippen LogP contribution is 2.22. The Morgan fingerprint density at radius 3 is 3.17 bits per heavy atom. The van der Waals surface area contributed by atoms with Crippen LogP contribution in [0.5, 0.6) is 0 Å². The lowest BCUT2D eigenvalue weighted by atomic mass is 10.0. The minimum Gasteiger partial charge on any atom is -0.316 e. The van der Waals surface area contributed by atoms with Crippen molar-refractivity contribution in [3.8, 4) is 0 Å². The molecule has 1 saturated heterocycles. The van der Waals surface area contributed by atoms with E-state index in [4.69, 9.17) is 11.6 Å². The zero-order valence-corrected chi connectivity index (χ0v) is 7.51. The molecule has 64 valence electrons. The summed E-state index contributed by atoms with van der Waals surface area (Å²) in [6.45, 7) is 2.13. The summed E-state index contributed by atoms with van der Waals surface area (Å²) in [6.07, 6.45) is 2.95. The van der Waals surface area contributed by atoms with Gasteiger partial charge in [-0.3, -0.25) is 4.98 Å².